The summed E-state index contributed by atoms with van der Waals surface area (Å²) in [5.74, 6) is 1.51. The van der Waals surface area contributed by atoms with E-state index in [1.165, 1.54) is 0 Å². The van der Waals surface area contributed by atoms with Crippen molar-refractivity contribution in [3.63, 3.8) is 0 Å². The molecule has 29 heavy (non-hydrogen) atoms. The monoisotopic (exact) mass is 415 g/mol. The Hall–Kier alpha value is -2.90. The number of halogens is 1. The molecular weight excluding hydrogens is 394 g/mol. The molecule has 0 fully saturated rings. The van der Waals surface area contributed by atoms with Crippen molar-refractivity contribution >= 4 is 17.5 Å². The van der Waals surface area contributed by atoms with E-state index in [0.717, 1.165) is 5.56 Å². The first-order valence-corrected chi connectivity index (χ1v) is 9.49. The predicted molar refractivity (Wildman–Crippen MR) is 109 cm³/mol. The van der Waals surface area contributed by atoms with Crippen molar-refractivity contribution in [2.45, 2.75) is 6.42 Å². The second-order valence-corrected chi connectivity index (χ2v) is 6.72. The third-order valence-electron chi connectivity index (χ3n) is 4.34. The number of benzene rings is 2. The SMILES string of the molecule is COCCN(CCc1nc(-c2cccc(Cl)c2)no1)C(=O)c1ccc(OC)cc1. The molecule has 8 heteroatoms. The van der Waals surface area contributed by atoms with Crippen molar-refractivity contribution in [1.82, 2.24) is 15.0 Å². The maximum atomic E-state index is 12.9. The van der Waals surface area contributed by atoms with E-state index in [1.807, 2.05) is 12.1 Å². The molecule has 0 N–H and O–H groups in total. The van der Waals surface area contributed by atoms with E-state index in [2.05, 4.69) is 10.1 Å². The summed E-state index contributed by atoms with van der Waals surface area (Å²) in [4.78, 5) is 19.0. The Bertz CT molecular complexity index is 943. The summed E-state index contributed by atoms with van der Waals surface area (Å²) in [7, 11) is 3.19. The van der Waals surface area contributed by atoms with Crippen molar-refractivity contribution in [3.8, 4) is 17.1 Å². The highest BCUT2D eigenvalue weighted by Gasteiger charge is 2.17. The molecule has 0 spiro atoms. The highest BCUT2D eigenvalue weighted by atomic mass is 35.5. The predicted octanol–water partition coefficient (Wildman–Crippen LogP) is 3.73. The Kier molecular flexibility index (Phi) is 7.21. The maximum absolute atomic E-state index is 12.9. The number of rotatable bonds is 9. The molecule has 0 atom stereocenters. The average molecular weight is 416 g/mol. The Labute approximate surface area is 174 Å². The van der Waals surface area contributed by atoms with Crippen LogP contribution < -0.4 is 4.74 Å². The van der Waals surface area contributed by atoms with Crippen molar-refractivity contribution in [2.24, 2.45) is 0 Å². The quantitative estimate of drug-likeness (QED) is 0.530. The fourth-order valence-corrected chi connectivity index (χ4v) is 2.95. The minimum Gasteiger partial charge on any atom is -0.497 e. The first kappa shape index (κ1) is 20.8. The molecule has 3 aromatic rings. The standard InChI is InChI=1S/C21H22ClN3O4/c1-27-13-12-25(21(26)15-6-8-18(28-2)9-7-15)11-10-19-23-20(24-29-19)16-4-3-5-17(22)14-16/h3-9,14H,10-13H2,1-2H3. The molecule has 1 aromatic heterocycles. The zero-order valence-electron chi connectivity index (χ0n) is 16.3. The molecule has 0 saturated heterocycles. The first-order chi connectivity index (χ1) is 14.1. The minimum absolute atomic E-state index is 0.0979. The van der Waals surface area contributed by atoms with Crippen LogP contribution in [0.3, 0.4) is 0 Å². The number of hydrogen-bond donors (Lipinski definition) is 0. The number of hydrogen-bond acceptors (Lipinski definition) is 6. The first-order valence-electron chi connectivity index (χ1n) is 9.11. The molecule has 1 amide bonds. The molecule has 0 aliphatic rings. The van der Waals surface area contributed by atoms with Crippen LogP contribution >= 0.6 is 11.6 Å². The lowest BCUT2D eigenvalue weighted by atomic mass is 10.2. The number of aromatic nitrogens is 2. The number of ether oxygens (including phenoxy) is 2. The van der Waals surface area contributed by atoms with Crippen molar-refractivity contribution < 1.29 is 18.8 Å². The third-order valence-corrected chi connectivity index (χ3v) is 4.57. The van der Waals surface area contributed by atoms with Gasteiger partial charge in [-0.15, -0.1) is 0 Å². The van der Waals surface area contributed by atoms with Crippen LogP contribution in [0.15, 0.2) is 53.1 Å². The fourth-order valence-electron chi connectivity index (χ4n) is 2.76. The molecule has 3 rings (SSSR count). The Morgan fingerprint density at radius 3 is 2.62 bits per heavy atom. The van der Waals surface area contributed by atoms with E-state index in [0.29, 0.717) is 54.2 Å². The van der Waals surface area contributed by atoms with Crippen LogP contribution in [0.4, 0.5) is 0 Å². The van der Waals surface area contributed by atoms with Gasteiger partial charge in [0, 0.05) is 42.8 Å². The van der Waals surface area contributed by atoms with Gasteiger partial charge in [-0.2, -0.15) is 4.98 Å². The highest BCUT2D eigenvalue weighted by molar-refractivity contribution is 6.30. The number of methoxy groups -OCH3 is 2. The zero-order chi connectivity index (χ0) is 20.6. The molecule has 0 radical (unpaired) electrons. The van der Waals surface area contributed by atoms with Crippen LogP contribution in [0.2, 0.25) is 5.02 Å². The lowest BCUT2D eigenvalue weighted by Crippen LogP contribution is -2.35. The fraction of sp³-hybridized carbons (Fsp3) is 0.286. The summed E-state index contributed by atoms with van der Waals surface area (Å²) < 4.78 is 15.6. The van der Waals surface area contributed by atoms with Crippen LogP contribution in [-0.4, -0.2) is 54.9 Å². The topological polar surface area (TPSA) is 77.7 Å². The number of nitrogens with zero attached hydrogens (tertiary/aromatic N) is 3. The lowest BCUT2D eigenvalue weighted by Gasteiger charge is -2.22. The lowest BCUT2D eigenvalue weighted by molar-refractivity contribution is 0.0694. The summed E-state index contributed by atoms with van der Waals surface area (Å²) >= 11 is 6.01. The Morgan fingerprint density at radius 2 is 1.93 bits per heavy atom. The van der Waals surface area contributed by atoms with Crippen LogP contribution in [0.5, 0.6) is 5.75 Å². The molecule has 0 unspecified atom stereocenters. The second kappa shape index (κ2) is 10.0. The largest absolute Gasteiger partial charge is 0.497 e. The zero-order valence-corrected chi connectivity index (χ0v) is 17.1. The molecule has 7 nitrogen and oxygen atoms in total. The van der Waals surface area contributed by atoms with Gasteiger partial charge in [-0.25, -0.2) is 0 Å². The van der Waals surface area contributed by atoms with Crippen molar-refractivity contribution in [2.75, 3.05) is 33.9 Å². The van der Waals surface area contributed by atoms with Gasteiger partial charge in [-0.1, -0.05) is 28.9 Å². The molecule has 0 aliphatic carbocycles. The number of carbonyl (C=O) groups excluding carboxylic acids is 1. The van der Waals surface area contributed by atoms with Gasteiger partial charge < -0.3 is 18.9 Å². The molecule has 1 heterocycles. The van der Waals surface area contributed by atoms with E-state index in [1.54, 1.807) is 55.5 Å². The number of amides is 1. The molecule has 0 bridgehead atoms. The molecule has 0 saturated carbocycles. The van der Waals surface area contributed by atoms with Gasteiger partial charge in [0.2, 0.25) is 11.7 Å². The van der Waals surface area contributed by atoms with Crippen LogP contribution in [0.1, 0.15) is 16.2 Å². The molecule has 2 aromatic carbocycles. The third kappa shape index (κ3) is 5.56. The number of carbonyl (C=O) groups is 1. The summed E-state index contributed by atoms with van der Waals surface area (Å²) in [5, 5.41) is 4.60. The minimum atomic E-state index is -0.0979. The van der Waals surface area contributed by atoms with E-state index >= 15 is 0 Å². The summed E-state index contributed by atoms with van der Waals surface area (Å²) in [6.45, 7) is 1.31. The Morgan fingerprint density at radius 1 is 1.14 bits per heavy atom. The van der Waals surface area contributed by atoms with Gasteiger partial charge in [0.1, 0.15) is 5.75 Å². The average Bonchev–Trinajstić information content (AvgIpc) is 3.22. The van der Waals surface area contributed by atoms with Gasteiger partial charge in [-0.3, -0.25) is 4.79 Å². The van der Waals surface area contributed by atoms with E-state index in [4.69, 9.17) is 25.6 Å². The molecule has 152 valence electrons. The van der Waals surface area contributed by atoms with E-state index in [9.17, 15) is 4.79 Å². The highest BCUT2D eigenvalue weighted by Crippen LogP contribution is 2.20. The van der Waals surface area contributed by atoms with Gasteiger partial charge in [0.05, 0.1) is 13.7 Å². The van der Waals surface area contributed by atoms with Crippen LogP contribution in [0.25, 0.3) is 11.4 Å². The molecular formula is C21H22ClN3O4. The Balaban J connectivity index is 1.68. The van der Waals surface area contributed by atoms with E-state index < -0.39 is 0 Å². The smallest absolute Gasteiger partial charge is 0.253 e. The van der Waals surface area contributed by atoms with Crippen LogP contribution in [0, 0.1) is 0 Å². The van der Waals surface area contributed by atoms with Gasteiger partial charge in [-0.05, 0) is 36.4 Å². The molecule has 0 aliphatic heterocycles. The van der Waals surface area contributed by atoms with Gasteiger partial charge in [0.25, 0.3) is 5.91 Å². The second-order valence-electron chi connectivity index (χ2n) is 6.29. The van der Waals surface area contributed by atoms with E-state index in [-0.39, 0.29) is 5.91 Å². The maximum Gasteiger partial charge on any atom is 0.253 e. The summed E-state index contributed by atoms with van der Waals surface area (Å²) in [6.07, 6.45) is 0.430. The van der Waals surface area contributed by atoms with Crippen LogP contribution in [-0.2, 0) is 11.2 Å². The summed E-state index contributed by atoms with van der Waals surface area (Å²) in [6, 6.07) is 14.2. The summed E-state index contributed by atoms with van der Waals surface area (Å²) in [5.41, 5.74) is 1.35. The van der Waals surface area contributed by atoms with Gasteiger partial charge in [0.15, 0.2) is 0 Å². The normalized spacial score (nSPS) is 10.7. The van der Waals surface area contributed by atoms with Gasteiger partial charge >= 0.3 is 0 Å². The van der Waals surface area contributed by atoms with Crippen molar-refractivity contribution in [3.05, 3.63) is 65.0 Å². The van der Waals surface area contributed by atoms with Crippen molar-refractivity contribution in [1.29, 1.82) is 0 Å².